The Morgan fingerprint density at radius 2 is 1.59 bits per heavy atom. The zero-order valence-electron chi connectivity index (χ0n) is 12.2. The lowest BCUT2D eigenvalue weighted by molar-refractivity contribution is -0.0507. The van der Waals surface area contributed by atoms with Crippen LogP contribution in [0.25, 0.3) is 0 Å². The quantitative estimate of drug-likeness (QED) is 0.357. The van der Waals surface area contributed by atoms with Crippen molar-refractivity contribution in [3.63, 3.8) is 0 Å². The molecule has 0 spiro atoms. The van der Waals surface area contributed by atoms with Crippen LogP contribution in [0.15, 0.2) is 0 Å². The van der Waals surface area contributed by atoms with E-state index >= 15 is 0 Å². The summed E-state index contributed by atoms with van der Waals surface area (Å²) in [7, 11) is 0. The Morgan fingerprint density at radius 3 is 2.12 bits per heavy atom. The number of alkyl halides is 1. The molecule has 0 rings (SSSR count). The second-order valence-corrected chi connectivity index (χ2v) is 5.75. The summed E-state index contributed by atoms with van der Waals surface area (Å²) < 4.78 is 5.79. The van der Waals surface area contributed by atoms with Crippen molar-refractivity contribution in [2.45, 2.75) is 78.2 Å². The molecule has 0 aliphatic heterocycles. The zero-order chi connectivity index (χ0) is 13.1. The van der Waals surface area contributed by atoms with Gasteiger partial charge < -0.3 is 4.74 Å². The number of hydrogen-bond acceptors (Lipinski definition) is 1. The third kappa shape index (κ3) is 8.05. The Balaban J connectivity index is 3.74. The summed E-state index contributed by atoms with van der Waals surface area (Å²) in [6.45, 7) is 9.42. The van der Waals surface area contributed by atoms with Gasteiger partial charge in [0.15, 0.2) is 0 Å². The zero-order valence-corrected chi connectivity index (χ0v) is 13.0. The van der Waals surface area contributed by atoms with Crippen molar-refractivity contribution < 1.29 is 4.74 Å². The fourth-order valence-corrected chi connectivity index (χ4v) is 2.80. The van der Waals surface area contributed by atoms with E-state index in [1.54, 1.807) is 0 Å². The van der Waals surface area contributed by atoms with Gasteiger partial charge in [0.25, 0.3) is 0 Å². The van der Waals surface area contributed by atoms with Gasteiger partial charge in [0.1, 0.15) is 0 Å². The fourth-order valence-electron chi connectivity index (χ4n) is 2.27. The van der Waals surface area contributed by atoms with Crippen LogP contribution in [0.4, 0.5) is 0 Å². The van der Waals surface area contributed by atoms with Crippen LogP contribution in [0.3, 0.4) is 0 Å². The molecule has 1 unspecified atom stereocenters. The molecule has 0 fully saturated rings. The average Bonchev–Trinajstić information content (AvgIpc) is 2.27. The summed E-state index contributed by atoms with van der Waals surface area (Å²) in [6, 6.07) is 0. The molecule has 0 heterocycles. The second-order valence-electron chi connectivity index (χ2n) is 5.44. The topological polar surface area (TPSA) is 9.23 Å². The first-order valence-electron chi connectivity index (χ1n) is 7.28. The number of halogens is 1. The van der Waals surface area contributed by atoms with Gasteiger partial charge in [-0.1, -0.05) is 45.4 Å². The standard InChI is InChI=1S/C15H31ClO/c1-5-7-8-9-10-11-12-14(13-16)15(3,4)17-6-2/h14H,5-13H2,1-4H3. The normalized spacial score (nSPS) is 13.9. The summed E-state index contributed by atoms with van der Waals surface area (Å²) in [6.07, 6.45) is 9.29. The molecule has 0 aliphatic carbocycles. The van der Waals surface area contributed by atoms with Crippen LogP contribution in [0, 0.1) is 5.92 Å². The van der Waals surface area contributed by atoms with E-state index in [0.717, 1.165) is 6.61 Å². The van der Waals surface area contributed by atoms with Crippen molar-refractivity contribution in [3.05, 3.63) is 0 Å². The number of ether oxygens (including phenoxy) is 1. The third-order valence-electron chi connectivity index (χ3n) is 3.59. The number of unbranched alkanes of at least 4 members (excludes halogenated alkanes) is 5. The first-order chi connectivity index (χ1) is 8.08. The highest BCUT2D eigenvalue weighted by Crippen LogP contribution is 2.27. The molecule has 1 atom stereocenters. The lowest BCUT2D eigenvalue weighted by Gasteiger charge is -2.33. The highest BCUT2D eigenvalue weighted by atomic mass is 35.5. The van der Waals surface area contributed by atoms with Gasteiger partial charge in [-0.3, -0.25) is 0 Å². The van der Waals surface area contributed by atoms with Crippen LogP contribution in [0.5, 0.6) is 0 Å². The first-order valence-corrected chi connectivity index (χ1v) is 7.81. The highest BCUT2D eigenvalue weighted by Gasteiger charge is 2.28. The van der Waals surface area contributed by atoms with Crippen LogP contribution >= 0.6 is 11.6 Å². The Hall–Kier alpha value is 0.250. The predicted molar refractivity (Wildman–Crippen MR) is 77.9 cm³/mol. The number of rotatable bonds is 11. The molecule has 104 valence electrons. The van der Waals surface area contributed by atoms with Crippen molar-refractivity contribution in [3.8, 4) is 0 Å². The summed E-state index contributed by atoms with van der Waals surface area (Å²) in [5.74, 6) is 1.19. The molecule has 0 aromatic carbocycles. The van der Waals surface area contributed by atoms with Gasteiger partial charge in [0.05, 0.1) is 5.60 Å². The minimum atomic E-state index is -0.0695. The minimum absolute atomic E-state index is 0.0695. The Morgan fingerprint density at radius 1 is 1.00 bits per heavy atom. The lowest BCUT2D eigenvalue weighted by atomic mass is 9.87. The summed E-state index contributed by atoms with van der Waals surface area (Å²) in [5, 5.41) is 0. The van der Waals surface area contributed by atoms with Crippen molar-refractivity contribution >= 4 is 11.6 Å². The van der Waals surface area contributed by atoms with E-state index in [2.05, 4.69) is 27.7 Å². The largest absolute Gasteiger partial charge is 0.376 e. The van der Waals surface area contributed by atoms with E-state index in [0.29, 0.717) is 11.8 Å². The minimum Gasteiger partial charge on any atom is -0.376 e. The van der Waals surface area contributed by atoms with Crippen LogP contribution in [-0.4, -0.2) is 18.1 Å². The molecule has 0 bridgehead atoms. The van der Waals surface area contributed by atoms with Gasteiger partial charge in [-0.25, -0.2) is 0 Å². The van der Waals surface area contributed by atoms with Gasteiger partial charge in [0, 0.05) is 18.4 Å². The molecule has 2 heteroatoms. The third-order valence-corrected chi connectivity index (χ3v) is 3.96. The maximum atomic E-state index is 6.07. The molecule has 0 amide bonds. The van der Waals surface area contributed by atoms with E-state index in [-0.39, 0.29) is 5.60 Å². The van der Waals surface area contributed by atoms with E-state index < -0.39 is 0 Å². The van der Waals surface area contributed by atoms with Crippen molar-refractivity contribution in [2.75, 3.05) is 12.5 Å². The van der Waals surface area contributed by atoms with Crippen molar-refractivity contribution in [1.82, 2.24) is 0 Å². The van der Waals surface area contributed by atoms with Gasteiger partial charge in [-0.2, -0.15) is 0 Å². The maximum absolute atomic E-state index is 6.07. The van der Waals surface area contributed by atoms with Crippen molar-refractivity contribution in [2.24, 2.45) is 5.92 Å². The SMILES string of the molecule is CCCCCCCCC(CCl)C(C)(C)OCC. The van der Waals surface area contributed by atoms with E-state index in [9.17, 15) is 0 Å². The van der Waals surface area contributed by atoms with E-state index in [4.69, 9.17) is 16.3 Å². The van der Waals surface area contributed by atoms with Gasteiger partial charge in [-0.15, -0.1) is 11.6 Å². The van der Waals surface area contributed by atoms with Crippen molar-refractivity contribution in [1.29, 1.82) is 0 Å². The maximum Gasteiger partial charge on any atom is 0.0665 e. The average molecular weight is 263 g/mol. The molecule has 0 saturated carbocycles. The smallest absolute Gasteiger partial charge is 0.0665 e. The number of hydrogen-bond donors (Lipinski definition) is 0. The van der Waals surface area contributed by atoms with Crippen LogP contribution in [0.2, 0.25) is 0 Å². The molecule has 0 aromatic rings. The predicted octanol–water partition coefficient (Wildman–Crippen LogP) is 5.41. The molecular formula is C15H31ClO. The molecule has 0 radical (unpaired) electrons. The molecule has 1 nitrogen and oxygen atoms in total. The molecular weight excluding hydrogens is 232 g/mol. The summed E-state index contributed by atoms with van der Waals surface area (Å²) >= 11 is 6.07. The van der Waals surface area contributed by atoms with Gasteiger partial charge >= 0.3 is 0 Å². The van der Waals surface area contributed by atoms with Crippen LogP contribution in [-0.2, 0) is 4.74 Å². The molecule has 0 aliphatic rings. The highest BCUT2D eigenvalue weighted by molar-refractivity contribution is 6.18. The van der Waals surface area contributed by atoms with E-state index in [1.165, 1.54) is 44.9 Å². The van der Waals surface area contributed by atoms with E-state index in [1.807, 2.05) is 0 Å². The fraction of sp³-hybridized carbons (Fsp3) is 1.00. The summed E-state index contributed by atoms with van der Waals surface area (Å²) in [4.78, 5) is 0. The Bertz CT molecular complexity index is 168. The molecule has 0 saturated heterocycles. The van der Waals surface area contributed by atoms with Gasteiger partial charge in [-0.05, 0) is 27.2 Å². The Kier molecular flexibility index (Phi) is 10.3. The second kappa shape index (κ2) is 10.2. The molecule has 0 N–H and O–H groups in total. The Labute approximate surface area is 113 Å². The monoisotopic (exact) mass is 262 g/mol. The van der Waals surface area contributed by atoms with Gasteiger partial charge in [0.2, 0.25) is 0 Å². The lowest BCUT2D eigenvalue weighted by Crippen LogP contribution is -2.35. The summed E-state index contributed by atoms with van der Waals surface area (Å²) in [5.41, 5.74) is -0.0695. The first kappa shape index (κ1) is 17.2. The van der Waals surface area contributed by atoms with Crippen LogP contribution in [0.1, 0.15) is 72.6 Å². The molecule has 17 heavy (non-hydrogen) atoms. The van der Waals surface area contributed by atoms with Crippen LogP contribution < -0.4 is 0 Å². The molecule has 0 aromatic heterocycles.